The maximum Gasteiger partial charge on any atom is 0.236 e. The fourth-order valence-corrected chi connectivity index (χ4v) is 5.58. The lowest BCUT2D eigenvalue weighted by atomic mass is 10.2. The number of hydrogen-bond acceptors (Lipinski definition) is 6. The molecule has 0 spiro atoms. The number of rotatable bonds is 6. The smallest absolute Gasteiger partial charge is 0.236 e. The molecule has 152 valence electrons. The molecule has 8 nitrogen and oxygen atoms in total. The summed E-state index contributed by atoms with van der Waals surface area (Å²) in [4.78, 5) is 18.7. The second-order valence-electron chi connectivity index (χ2n) is 7.71. The molecule has 0 aromatic carbocycles. The van der Waals surface area contributed by atoms with Crippen molar-refractivity contribution in [2.75, 3.05) is 51.3 Å². The van der Waals surface area contributed by atoms with Gasteiger partial charge in [-0.25, -0.2) is 8.42 Å². The molecule has 1 amide bonds. The van der Waals surface area contributed by atoms with E-state index in [0.29, 0.717) is 13.0 Å². The van der Waals surface area contributed by atoms with Crippen molar-refractivity contribution >= 4 is 15.7 Å². The van der Waals surface area contributed by atoms with Crippen LogP contribution < -0.4 is 0 Å². The second kappa shape index (κ2) is 8.28. The fourth-order valence-electron chi connectivity index (χ4n) is 3.81. The molecule has 0 saturated carbocycles. The first-order chi connectivity index (χ1) is 12.8. The van der Waals surface area contributed by atoms with Gasteiger partial charge >= 0.3 is 0 Å². The minimum Gasteiger partial charge on any atom is -0.341 e. The molecule has 2 saturated heterocycles. The van der Waals surface area contributed by atoms with Gasteiger partial charge < -0.3 is 4.90 Å². The van der Waals surface area contributed by atoms with Crippen molar-refractivity contribution in [3.05, 3.63) is 17.5 Å². The van der Waals surface area contributed by atoms with Crippen LogP contribution in [0.15, 0.2) is 6.20 Å². The SMILES string of the molecule is CCn1cc(CN2CCN(CC(=O)N(C)C3CCS(=O)(=O)C3)CC2)c(C)n1. The molecule has 0 N–H and O–H groups in total. The zero-order chi connectivity index (χ0) is 19.6. The number of aryl methyl sites for hydroxylation is 2. The van der Waals surface area contributed by atoms with Crippen molar-refractivity contribution in [1.82, 2.24) is 24.5 Å². The molecule has 0 aliphatic carbocycles. The monoisotopic (exact) mass is 397 g/mol. The lowest BCUT2D eigenvalue weighted by Crippen LogP contribution is -2.50. The lowest BCUT2D eigenvalue weighted by molar-refractivity contribution is -0.133. The Morgan fingerprint density at radius 2 is 1.93 bits per heavy atom. The molecule has 2 fully saturated rings. The lowest BCUT2D eigenvalue weighted by Gasteiger charge is -2.35. The zero-order valence-corrected chi connectivity index (χ0v) is 17.4. The fraction of sp³-hybridized carbons (Fsp3) is 0.778. The molecule has 0 bridgehead atoms. The third kappa shape index (κ3) is 5.08. The van der Waals surface area contributed by atoms with Gasteiger partial charge in [0.25, 0.3) is 0 Å². The van der Waals surface area contributed by atoms with Gasteiger partial charge in [0.05, 0.1) is 23.7 Å². The zero-order valence-electron chi connectivity index (χ0n) is 16.6. The molecule has 1 aromatic rings. The molecule has 27 heavy (non-hydrogen) atoms. The van der Waals surface area contributed by atoms with Gasteiger partial charge in [-0.1, -0.05) is 0 Å². The summed E-state index contributed by atoms with van der Waals surface area (Å²) in [7, 11) is -1.23. The molecular formula is C18H31N5O3S. The standard InChI is InChI=1S/C18H31N5O3S/c1-4-23-12-16(15(2)19-23)11-21-6-8-22(9-7-21)13-18(24)20(3)17-5-10-27(25,26)14-17/h12,17H,4-11,13-14H2,1-3H3. The van der Waals surface area contributed by atoms with Gasteiger partial charge in [0.1, 0.15) is 0 Å². The number of sulfone groups is 1. The maximum atomic E-state index is 12.5. The minimum atomic E-state index is -2.97. The van der Waals surface area contributed by atoms with Crippen molar-refractivity contribution in [3.63, 3.8) is 0 Å². The van der Waals surface area contributed by atoms with Crippen molar-refractivity contribution in [3.8, 4) is 0 Å². The Morgan fingerprint density at radius 3 is 2.48 bits per heavy atom. The van der Waals surface area contributed by atoms with E-state index in [4.69, 9.17) is 0 Å². The van der Waals surface area contributed by atoms with Crippen LogP contribution in [0, 0.1) is 6.92 Å². The Morgan fingerprint density at radius 1 is 1.26 bits per heavy atom. The van der Waals surface area contributed by atoms with E-state index < -0.39 is 9.84 Å². The van der Waals surface area contributed by atoms with Crippen molar-refractivity contribution < 1.29 is 13.2 Å². The molecule has 3 rings (SSSR count). The Balaban J connectivity index is 1.45. The van der Waals surface area contributed by atoms with Crippen LogP contribution in [-0.4, -0.2) is 96.1 Å². The normalized spacial score (nSPS) is 23.6. The highest BCUT2D eigenvalue weighted by molar-refractivity contribution is 7.91. The average Bonchev–Trinajstić information content (AvgIpc) is 3.17. The largest absolute Gasteiger partial charge is 0.341 e. The van der Waals surface area contributed by atoms with Gasteiger partial charge in [0.2, 0.25) is 5.91 Å². The summed E-state index contributed by atoms with van der Waals surface area (Å²) in [6, 6.07) is -0.165. The first-order valence-electron chi connectivity index (χ1n) is 9.71. The quantitative estimate of drug-likeness (QED) is 0.671. The number of carbonyl (C=O) groups excluding carboxylic acids is 1. The molecular weight excluding hydrogens is 366 g/mol. The summed E-state index contributed by atoms with van der Waals surface area (Å²) in [5.74, 6) is 0.320. The van der Waals surface area contributed by atoms with E-state index in [1.54, 1.807) is 11.9 Å². The van der Waals surface area contributed by atoms with Gasteiger partial charge in [-0.05, 0) is 20.3 Å². The third-order valence-corrected chi connectivity index (χ3v) is 7.49. The van der Waals surface area contributed by atoms with Gasteiger partial charge in [0.15, 0.2) is 9.84 Å². The van der Waals surface area contributed by atoms with Crippen molar-refractivity contribution in [2.24, 2.45) is 0 Å². The molecule has 1 unspecified atom stereocenters. The number of carbonyl (C=O) groups is 1. The van der Waals surface area contributed by atoms with Crippen molar-refractivity contribution in [1.29, 1.82) is 0 Å². The minimum absolute atomic E-state index is 0.0191. The van der Waals surface area contributed by atoms with Gasteiger partial charge in [-0.15, -0.1) is 0 Å². The summed E-state index contributed by atoms with van der Waals surface area (Å²) in [6.45, 7) is 9.83. The first-order valence-corrected chi connectivity index (χ1v) is 11.5. The third-order valence-electron chi connectivity index (χ3n) is 5.74. The van der Waals surface area contributed by atoms with Crippen LogP contribution in [0.3, 0.4) is 0 Å². The van der Waals surface area contributed by atoms with E-state index in [2.05, 4.69) is 34.9 Å². The van der Waals surface area contributed by atoms with Gasteiger partial charge in [-0.2, -0.15) is 5.10 Å². The van der Waals surface area contributed by atoms with Gasteiger partial charge in [0, 0.05) is 64.1 Å². The molecule has 1 atom stereocenters. The summed E-state index contributed by atoms with van der Waals surface area (Å²) >= 11 is 0. The van der Waals surface area contributed by atoms with Crippen LogP contribution in [-0.2, 0) is 27.7 Å². The highest BCUT2D eigenvalue weighted by Crippen LogP contribution is 2.17. The predicted octanol–water partition coefficient (Wildman–Crippen LogP) is -0.0255. The molecule has 0 radical (unpaired) electrons. The Kier molecular flexibility index (Phi) is 6.22. The Hall–Kier alpha value is -1.45. The number of hydrogen-bond donors (Lipinski definition) is 0. The number of likely N-dealkylation sites (N-methyl/N-ethyl adjacent to an activating group) is 1. The van der Waals surface area contributed by atoms with Crippen LogP contribution in [0.1, 0.15) is 24.6 Å². The van der Waals surface area contributed by atoms with E-state index in [0.717, 1.165) is 45.0 Å². The van der Waals surface area contributed by atoms with Crippen LogP contribution in [0.4, 0.5) is 0 Å². The average molecular weight is 398 g/mol. The van der Waals surface area contributed by atoms with Crippen LogP contribution in [0.25, 0.3) is 0 Å². The summed E-state index contributed by atoms with van der Waals surface area (Å²) < 4.78 is 25.2. The highest BCUT2D eigenvalue weighted by Gasteiger charge is 2.33. The van der Waals surface area contributed by atoms with Crippen LogP contribution in [0.5, 0.6) is 0 Å². The van der Waals surface area contributed by atoms with E-state index in [-0.39, 0.29) is 23.5 Å². The predicted molar refractivity (Wildman–Crippen MR) is 104 cm³/mol. The summed E-state index contributed by atoms with van der Waals surface area (Å²) in [5.41, 5.74) is 2.35. The highest BCUT2D eigenvalue weighted by atomic mass is 32.2. The summed E-state index contributed by atoms with van der Waals surface area (Å²) in [6.07, 6.45) is 2.68. The first kappa shape index (κ1) is 20.3. The maximum absolute atomic E-state index is 12.5. The molecule has 3 heterocycles. The molecule has 1 aromatic heterocycles. The van der Waals surface area contributed by atoms with Crippen LogP contribution in [0.2, 0.25) is 0 Å². The van der Waals surface area contributed by atoms with Crippen molar-refractivity contribution in [2.45, 2.75) is 39.4 Å². The summed E-state index contributed by atoms with van der Waals surface area (Å²) in [5, 5.41) is 4.50. The van der Waals surface area contributed by atoms with Crippen LogP contribution >= 0.6 is 0 Å². The second-order valence-corrected chi connectivity index (χ2v) is 9.94. The molecule has 9 heteroatoms. The molecule has 2 aliphatic heterocycles. The van der Waals surface area contributed by atoms with E-state index >= 15 is 0 Å². The topological polar surface area (TPSA) is 78.8 Å². The van der Waals surface area contributed by atoms with Gasteiger partial charge in [-0.3, -0.25) is 19.3 Å². The van der Waals surface area contributed by atoms with E-state index in [1.807, 2.05) is 4.68 Å². The van der Waals surface area contributed by atoms with E-state index in [9.17, 15) is 13.2 Å². The Bertz CT molecular complexity index is 768. The Labute approximate surface area is 162 Å². The van der Waals surface area contributed by atoms with E-state index in [1.165, 1.54) is 5.56 Å². The number of piperazine rings is 1. The number of amides is 1. The number of aromatic nitrogens is 2. The number of nitrogens with zero attached hydrogens (tertiary/aromatic N) is 5. The molecule has 2 aliphatic rings.